The molecule has 1 fully saturated rings. The van der Waals surface area contributed by atoms with E-state index in [1.165, 1.54) is 12.0 Å². The van der Waals surface area contributed by atoms with Crippen molar-refractivity contribution in [3.63, 3.8) is 0 Å². The molecule has 0 aliphatic carbocycles. The maximum Gasteiger partial charge on any atom is 0.157 e. The minimum Gasteiger partial charge on any atom is -0.379 e. The van der Waals surface area contributed by atoms with Crippen molar-refractivity contribution in [3.05, 3.63) is 35.9 Å². The summed E-state index contributed by atoms with van der Waals surface area (Å²) < 4.78 is 22.3. The van der Waals surface area contributed by atoms with E-state index in [2.05, 4.69) is 12.1 Å². The molecule has 2 rings (SSSR count). The second-order valence-electron chi connectivity index (χ2n) is 5.52. The summed E-state index contributed by atoms with van der Waals surface area (Å²) in [5, 5.41) is 0. The van der Waals surface area contributed by atoms with Crippen LogP contribution in [0.2, 0.25) is 0 Å². The molecule has 0 aromatic heterocycles. The summed E-state index contributed by atoms with van der Waals surface area (Å²) in [7, 11) is 0. The van der Waals surface area contributed by atoms with Crippen molar-refractivity contribution in [2.24, 2.45) is 0 Å². The molecule has 1 saturated heterocycles. The fourth-order valence-corrected chi connectivity index (χ4v) is 2.36. The highest BCUT2D eigenvalue weighted by Crippen LogP contribution is 2.13. The lowest BCUT2D eigenvalue weighted by Gasteiger charge is -2.22. The molecule has 0 spiro atoms. The Balaban J connectivity index is 1.32. The van der Waals surface area contributed by atoms with Gasteiger partial charge in [0.05, 0.1) is 19.8 Å². The van der Waals surface area contributed by atoms with Crippen LogP contribution in [0.3, 0.4) is 0 Å². The molecule has 124 valence electrons. The number of ether oxygens (including phenoxy) is 4. The molecule has 1 heterocycles. The molecular formula is C18H28O4. The van der Waals surface area contributed by atoms with Gasteiger partial charge in [0.2, 0.25) is 0 Å². The Morgan fingerprint density at radius 2 is 1.73 bits per heavy atom. The molecule has 1 unspecified atom stereocenters. The zero-order valence-electron chi connectivity index (χ0n) is 13.4. The summed E-state index contributed by atoms with van der Waals surface area (Å²) in [6, 6.07) is 10.3. The van der Waals surface area contributed by atoms with Crippen LogP contribution < -0.4 is 0 Å². The summed E-state index contributed by atoms with van der Waals surface area (Å²) in [4.78, 5) is 0. The molecule has 0 radical (unpaired) electrons. The Bertz CT molecular complexity index is 363. The van der Waals surface area contributed by atoms with Gasteiger partial charge in [-0.3, -0.25) is 0 Å². The third kappa shape index (κ3) is 7.90. The maximum atomic E-state index is 5.63. The van der Waals surface area contributed by atoms with Gasteiger partial charge in [-0.25, -0.2) is 0 Å². The Kier molecular flexibility index (Phi) is 9.19. The van der Waals surface area contributed by atoms with Gasteiger partial charge in [0.1, 0.15) is 0 Å². The van der Waals surface area contributed by atoms with Crippen molar-refractivity contribution in [2.45, 2.75) is 45.0 Å². The number of unbranched alkanes of at least 4 members (excludes halogenated alkanes) is 1. The zero-order chi connectivity index (χ0) is 15.3. The number of hydrogen-bond acceptors (Lipinski definition) is 4. The predicted octanol–water partition coefficient (Wildman–Crippen LogP) is 3.54. The first-order valence-electron chi connectivity index (χ1n) is 8.38. The molecule has 4 nitrogen and oxygen atoms in total. The van der Waals surface area contributed by atoms with E-state index in [0.29, 0.717) is 19.8 Å². The summed E-state index contributed by atoms with van der Waals surface area (Å²) in [5.41, 5.74) is 1.22. The van der Waals surface area contributed by atoms with Gasteiger partial charge >= 0.3 is 0 Å². The van der Waals surface area contributed by atoms with E-state index < -0.39 is 0 Å². The first-order chi connectivity index (χ1) is 10.9. The van der Waals surface area contributed by atoms with Gasteiger partial charge in [-0.2, -0.15) is 0 Å². The first kappa shape index (κ1) is 17.4. The van der Waals surface area contributed by atoms with Crippen molar-refractivity contribution < 1.29 is 18.9 Å². The molecule has 0 saturated carbocycles. The zero-order valence-corrected chi connectivity index (χ0v) is 13.4. The van der Waals surface area contributed by atoms with Crippen LogP contribution in [0, 0.1) is 0 Å². The predicted molar refractivity (Wildman–Crippen MR) is 85.7 cm³/mol. The Hall–Kier alpha value is -0.940. The van der Waals surface area contributed by atoms with Crippen molar-refractivity contribution >= 4 is 0 Å². The van der Waals surface area contributed by atoms with Crippen molar-refractivity contribution in [2.75, 3.05) is 33.0 Å². The van der Waals surface area contributed by atoms with Gasteiger partial charge in [0.25, 0.3) is 0 Å². The van der Waals surface area contributed by atoms with Crippen LogP contribution in [0.4, 0.5) is 0 Å². The highest BCUT2D eigenvalue weighted by molar-refractivity contribution is 5.13. The van der Waals surface area contributed by atoms with Crippen LogP contribution in [-0.2, 0) is 25.6 Å². The van der Waals surface area contributed by atoms with E-state index in [1.807, 2.05) is 18.2 Å². The summed E-state index contributed by atoms with van der Waals surface area (Å²) in [6.07, 6.45) is 5.41. The van der Waals surface area contributed by atoms with Crippen LogP contribution in [0.25, 0.3) is 0 Å². The second kappa shape index (κ2) is 11.6. The molecule has 0 bridgehead atoms. The normalized spacial score (nSPS) is 18.5. The average Bonchev–Trinajstić information content (AvgIpc) is 2.58. The van der Waals surface area contributed by atoms with E-state index in [0.717, 1.165) is 45.5 Å². The Morgan fingerprint density at radius 1 is 0.909 bits per heavy atom. The fourth-order valence-electron chi connectivity index (χ4n) is 2.36. The second-order valence-corrected chi connectivity index (χ2v) is 5.52. The van der Waals surface area contributed by atoms with Gasteiger partial charge in [0.15, 0.2) is 6.29 Å². The van der Waals surface area contributed by atoms with Crippen LogP contribution in [-0.4, -0.2) is 39.3 Å². The first-order valence-corrected chi connectivity index (χ1v) is 8.38. The summed E-state index contributed by atoms with van der Waals surface area (Å²) >= 11 is 0. The van der Waals surface area contributed by atoms with Gasteiger partial charge < -0.3 is 18.9 Å². The monoisotopic (exact) mass is 308 g/mol. The van der Waals surface area contributed by atoms with Crippen LogP contribution in [0.1, 0.15) is 37.7 Å². The van der Waals surface area contributed by atoms with Crippen LogP contribution >= 0.6 is 0 Å². The highest BCUT2D eigenvalue weighted by Gasteiger charge is 2.13. The van der Waals surface area contributed by atoms with Gasteiger partial charge in [0, 0.05) is 19.8 Å². The molecule has 1 aliphatic heterocycles. The third-order valence-corrected chi connectivity index (χ3v) is 3.61. The molecule has 0 N–H and O–H groups in total. The molecule has 4 heteroatoms. The molecular weight excluding hydrogens is 280 g/mol. The van der Waals surface area contributed by atoms with E-state index in [4.69, 9.17) is 18.9 Å². The lowest BCUT2D eigenvalue weighted by molar-refractivity contribution is -0.169. The number of rotatable bonds is 11. The standard InChI is InChI=1S/C18H28O4/c1-2-8-17(9-3-1)16-20-12-7-6-11-19-14-15-22-18-10-4-5-13-21-18/h1-3,8-9,18H,4-7,10-16H2. The lowest BCUT2D eigenvalue weighted by Crippen LogP contribution is -2.24. The van der Waals surface area contributed by atoms with E-state index >= 15 is 0 Å². The van der Waals surface area contributed by atoms with Crippen LogP contribution in [0.5, 0.6) is 0 Å². The molecule has 1 aliphatic rings. The van der Waals surface area contributed by atoms with E-state index in [-0.39, 0.29) is 6.29 Å². The van der Waals surface area contributed by atoms with Gasteiger partial charge in [-0.1, -0.05) is 30.3 Å². The van der Waals surface area contributed by atoms with Crippen molar-refractivity contribution in [1.29, 1.82) is 0 Å². The van der Waals surface area contributed by atoms with E-state index in [1.54, 1.807) is 0 Å². The number of benzene rings is 1. The molecule has 1 aromatic rings. The Morgan fingerprint density at radius 3 is 2.50 bits per heavy atom. The topological polar surface area (TPSA) is 36.9 Å². The molecule has 22 heavy (non-hydrogen) atoms. The maximum absolute atomic E-state index is 5.63. The van der Waals surface area contributed by atoms with Gasteiger partial charge in [-0.05, 0) is 37.7 Å². The quantitative estimate of drug-likeness (QED) is 0.586. The van der Waals surface area contributed by atoms with Gasteiger partial charge in [-0.15, -0.1) is 0 Å². The third-order valence-electron chi connectivity index (χ3n) is 3.61. The number of hydrogen-bond donors (Lipinski definition) is 0. The van der Waals surface area contributed by atoms with Crippen LogP contribution in [0.15, 0.2) is 30.3 Å². The largest absolute Gasteiger partial charge is 0.379 e. The highest BCUT2D eigenvalue weighted by atomic mass is 16.7. The summed E-state index contributed by atoms with van der Waals surface area (Å²) in [6.45, 7) is 4.33. The molecule has 0 amide bonds. The SMILES string of the molecule is c1ccc(COCCCCOCCOC2CCCCO2)cc1. The minimum atomic E-state index is -0.0104. The van der Waals surface area contributed by atoms with Crippen molar-refractivity contribution in [3.8, 4) is 0 Å². The molecule has 1 aromatic carbocycles. The average molecular weight is 308 g/mol. The lowest BCUT2D eigenvalue weighted by atomic mass is 10.2. The smallest absolute Gasteiger partial charge is 0.157 e. The van der Waals surface area contributed by atoms with E-state index in [9.17, 15) is 0 Å². The fraction of sp³-hybridized carbons (Fsp3) is 0.667. The molecule has 1 atom stereocenters. The minimum absolute atomic E-state index is 0.0104. The summed E-state index contributed by atoms with van der Waals surface area (Å²) in [5.74, 6) is 0. The van der Waals surface area contributed by atoms with Crippen molar-refractivity contribution in [1.82, 2.24) is 0 Å². The Labute approximate surface area is 133 Å².